The van der Waals surface area contributed by atoms with Crippen molar-refractivity contribution in [2.45, 2.75) is 31.3 Å². The minimum atomic E-state index is -0.896. The van der Waals surface area contributed by atoms with E-state index < -0.39 is 17.7 Å². The number of piperidine rings is 1. The first-order chi connectivity index (χ1) is 13.0. The first kappa shape index (κ1) is 19.4. The zero-order valence-corrected chi connectivity index (χ0v) is 15.6. The highest BCUT2D eigenvalue weighted by atomic mass is 32.1. The first-order valence-corrected chi connectivity index (χ1v) is 9.64. The Labute approximate surface area is 160 Å². The molecular weight excluding hydrogens is 372 g/mol. The van der Waals surface area contributed by atoms with Crippen molar-refractivity contribution >= 4 is 23.2 Å². The van der Waals surface area contributed by atoms with Crippen molar-refractivity contribution in [1.29, 1.82) is 0 Å². The quantitative estimate of drug-likeness (QED) is 0.731. The van der Waals surface area contributed by atoms with Crippen LogP contribution >= 0.6 is 11.3 Å². The molecule has 1 saturated heterocycles. The maximum atomic E-state index is 13.6. The lowest BCUT2D eigenvalue weighted by Gasteiger charge is -2.34. The lowest BCUT2D eigenvalue weighted by atomic mass is 9.86. The van der Waals surface area contributed by atoms with Gasteiger partial charge in [0.25, 0.3) is 5.91 Å². The van der Waals surface area contributed by atoms with Gasteiger partial charge in [-0.25, -0.2) is 8.78 Å². The van der Waals surface area contributed by atoms with Crippen LogP contribution in [0.25, 0.3) is 0 Å². The van der Waals surface area contributed by atoms with Gasteiger partial charge in [0.2, 0.25) is 5.91 Å². The second kappa shape index (κ2) is 8.58. The van der Waals surface area contributed by atoms with Crippen LogP contribution in [0.3, 0.4) is 0 Å². The number of hydrogen-bond acceptors (Lipinski definition) is 4. The molecule has 5 nitrogen and oxygen atoms in total. The molecule has 3 rings (SSSR count). The van der Waals surface area contributed by atoms with E-state index in [1.54, 1.807) is 30.5 Å². The number of thiophene rings is 1. The molecule has 8 heteroatoms. The largest absolute Gasteiger partial charge is 0.350 e. The van der Waals surface area contributed by atoms with Gasteiger partial charge < -0.3 is 16.0 Å². The van der Waals surface area contributed by atoms with E-state index >= 15 is 0 Å². The van der Waals surface area contributed by atoms with Crippen LogP contribution < -0.4 is 16.0 Å². The highest BCUT2D eigenvalue weighted by Gasteiger charge is 2.30. The van der Waals surface area contributed by atoms with Crippen LogP contribution in [0.2, 0.25) is 0 Å². The molecular formula is C19H21F2N3O2S. The fourth-order valence-corrected chi connectivity index (χ4v) is 3.83. The zero-order valence-electron chi connectivity index (χ0n) is 14.8. The molecule has 0 spiro atoms. The fourth-order valence-electron chi connectivity index (χ4n) is 3.20. The average molecular weight is 393 g/mol. The van der Waals surface area contributed by atoms with E-state index in [0.29, 0.717) is 23.4 Å². The van der Waals surface area contributed by atoms with E-state index in [1.807, 2.05) is 0 Å². The van der Waals surface area contributed by atoms with Crippen LogP contribution in [-0.2, 0) is 4.79 Å². The molecule has 2 aromatic rings. The van der Waals surface area contributed by atoms with Crippen LogP contribution in [0.1, 0.15) is 34.5 Å². The molecule has 1 fully saturated rings. The summed E-state index contributed by atoms with van der Waals surface area (Å²) < 4.78 is 26.8. The third-order valence-electron chi connectivity index (χ3n) is 4.67. The normalized spacial score (nSPS) is 20.7. The predicted molar refractivity (Wildman–Crippen MR) is 99.8 cm³/mol. The topological polar surface area (TPSA) is 70.2 Å². The second-order valence-electron chi connectivity index (χ2n) is 6.56. The molecule has 2 heterocycles. The smallest absolute Gasteiger partial charge is 0.261 e. The Morgan fingerprint density at radius 2 is 2.07 bits per heavy atom. The molecule has 0 saturated carbocycles. The first-order valence-electron chi connectivity index (χ1n) is 8.76. The SMILES string of the molecule is CC(NC(=O)c1cccs1)C(=O)NC1CNCCC1c1ccc(F)c(F)c1. The Kier molecular flexibility index (Phi) is 6.18. The van der Waals surface area contributed by atoms with Gasteiger partial charge in [-0.15, -0.1) is 11.3 Å². The van der Waals surface area contributed by atoms with E-state index in [0.717, 1.165) is 12.6 Å². The molecule has 3 atom stereocenters. The summed E-state index contributed by atoms with van der Waals surface area (Å²) in [6.07, 6.45) is 0.686. The third-order valence-corrected chi connectivity index (χ3v) is 5.54. The van der Waals surface area contributed by atoms with Gasteiger partial charge >= 0.3 is 0 Å². The summed E-state index contributed by atoms with van der Waals surface area (Å²) >= 11 is 1.30. The van der Waals surface area contributed by atoms with Crippen molar-refractivity contribution in [2.75, 3.05) is 13.1 Å². The monoisotopic (exact) mass is 393 g/mol. The Balaban J connectivity index is 1.65. The summed E-state index contributed by atoms with van der Waals surface area (Å²) in [5.74, 6) is -2.54. The van der Waals surface area contributed by atoms with Gasteiger partial charge in [-0.1, -0.05) is 12.1 Å². The van der Waals surface area contributed by atoms with Crippen molar-refractivity contribution in [3.05, 3.63) is 57.8 Å². The average Bonchev–Trinajstić information content (AvgIpc) is 3.19. The number of amides is 2. The summed E-state index contributed by atoms with van der Waals surface area (Å²) in [5.41, 5.74) is 0.649. The van der Waals surface area contributed by atoms with Crippen molar-refractivity contribution in [1.82, 2.24) is 16.0 Å². The molecule has 1 aromatic carbocycles. The summed E-state index contributed by atoms with van der Waals surface area (Å²) in [6.45, 7) is 2.85. The van der Waals surface area contributed by atoms with Gasteiger partial charge in [0.1, 0.15) is 6.04 Å². The zero-order chi connectivity index (χ0) is 19.4. The molecule has 3 unspecified atom stereocenters. The molecule has 1 aromatic heterocycles. The van der Waals surface area contributed by atoms with Crippen molar-refractivity contribution in [3.63, 3.8) is 0 Å². The van der Waals surface area contributed by atoms with Crippen LogP contribution in [0, 0.1) is 11.6 Å². The number of carbonyl (C=O) groups excluding carboxylic acids is 2. The van der Waals surface area contributed by atoms with Gasteiger partial charge in [-0.3, -0.25) is 9.59 Å². The lowest BCUT2D eigenvalue weighted by Crippen LogP contribution is -2.54. The number of nitrogens with one attached hydrogen (secondary N) is 3. The third kappa shape index (κ3) is 4.70. The summed E-state index contributed by atoms with van der Waals surface area (Å²) in [4.78, 5) is 25.2. The van der Waals surface area contributed by atoms with E-state index in [1.165, 1.54) is 17.4 Å². The van der Waals surface area contributed by atoms with Crippen molar-refractivity contribution < 1.29 is 18.4 Å². The molecule has 3 N–H and O–H groups in total. The van der Waals surface area contributed by atoms with Gasteiger partial charge in [-0.2, -0.15) is 0 Å². The molecule has 1 aliphatic heterocycles. The van der Waals surface area contributed by atoms with E-state index in [2.05, 4.69) is 16.0 Å². The van der Waals surface area contributed by atoms with E-state index in [9.17, 15) is 18.4 Å². The van der Waals surface area contributed by atoms with E-state index in [4.69, 9.17) is 0 Å². The van der Waals surface area contributed by atoms with Crippen molar-refractivity contribution in [3.8, 4) is 0 Å². The number of rotatable bonds is 5. The van der Waals surface area contributed by atoms with Gasteiger partial charge in [-0.05, 0) is 49.0 Å². The second-order valence-corrected chi connectivity index (χ2v) is 7.51. The molecule has 0 bridgehead atoms. The standard InChI is InChI=1S/C19H21F2N3O2S/c1-11(23-19(26)17-3-2-8-27-17)18(25)24-16-10-22-7-6-13(16)12-4-5-14(20)15(21)9-12/h2-5,8-9,11,13,16,22H,6-7,10H2,1H3,(H,23,26)(H,24,25). The summed E-state index contributed by atoms with van der Waals surface area (Å²) in [5, 5.41) is 10.6. The number of benzene rings is 1. The Bertz CT molecular complexity index is 813. The molecule has 1 aliphatic rings. The minimum absolute atomic E-state index is 0.134. The molecule has 27 heavy (non-hydrogen) atoms. The fraction of sp³-hybridized carbons (Fsp3) is 0.368. The maximum Gasteiger partial charge on any atom is 0.261 e. The molecule has 2 amide bonds. The van der Waals surface area contributed by atoms with Crippen LogP contribution in [0.15, 0.2) is 35.7 Å². The van der Waals surface area contributed by atoms with Crippen LogP contribution in [-0.4, -0.2) is 37.0 Å². The highest BCUT2D eigenvalue weighted by Crippen LogP contribution is 2.27. The van der Waals surface area contributed by atoms with Crippen LogP contribution in [0.4, 0.5) is 8.78 Å². The Hall–Kier alpha value is -2.32. The van der Waals surface area contributed by atoms with Gasteiger partial charge in [0.05, 0.1) is 4.88 Å². The molecule has 0 aliphatic carbocycles. The molecule has 144 valence electrons. The lowest BCUT2D eigenvalue weighted by molar-refractivity contribution is -0.123. The van der Waals surface area contributed by atoms with Gasteiger partial charge in [0, 0.05) is 18.5 Å². The van der Waals surface area contributed by atoms with Crippen LogP contribution in [0.5, 0.6) is 0 Å². The van der Waals surface area contributed by atoms with Gasteiger partial charge in [0.15, 0.2) is 11.6 Å². The predicted octanol–water partition coefficient (Wildman–Crippen LogP) is 2.41. The Morgan fingerprint density at radius 3 is 2.78 bits per heavy atom. The maximum absolute atomic E-state index is 13.6. The highest BCUT2D eigenvalue weighted by molar-refractivity contribution is 7.12. The number of carbonyl (C=O) groups is 2. The number of halogens is 2. The minimum Gasteiger partial charge on any atom is -0.350 e. The Morgan fingerprint density at radius 1 is 1.26 bits per heavy atom. The van der Waals surface area contributed by atoms with E-state index in [-0.39, 0.29) is 23.8 Å². The van der Waals surface area contributed by atoms with Crippen molar-refractivity contribution in [2.24, 2.45) is 0 Å². The number of hydrogen-bond donors (Lipinski definition) is 3. The summed E-state index contributed by atoms with van der Waals surface area (Å²) in [7, 11) is 0. The summed E-state index contributed by atoms with van der Waals surface area (Å²) in [6, 6.07) is 6.31. The molecule has 0 radical (unpaired) electrons.